The lowest BCUT2D eigenvalue weighted by Gasteiger charge is -2.26. The van der Waals surface area contributed by atoms with Crippen molar-refractivity contribution in [2.45, 2.75) is 50.5 Å². The first-order valence-electron chi connectivity index (χ1n) is 6.75. The van der Waals surface area contributed by atoms with Gasteiger partial charge in [0.1, 0.15) is 0 Å². The highest BCUT2D eigenvalue weighted by Crippen LogP contribution is 2.38. The minimum Gasteiger partial charge on any atom is -0.481 e. The quantitative estimate of drug-likeness (QED) is 0.652. The summed E-state index contributed by atoms with van der Waals surface area (Å²) in [4.78, 5) is 22.4. The smallest absolute Gasteiger partial charge is 0.307 e. The zero-order valence-corrected chi connectivity index (χ0v) is 10.5. The number of carbonyl (C=O) groups excluding carboxylic acids is 1. The highest BCUT2D eigenvalue weighted by molar-refractivity contribution is 5.89. The molecule has 0 saturated heterocycles. The number of carbonyl (C=O) groups is 2. The number of hydrogen-bond acceptors (Lipinski definition) is 3. The van der Waals surface area contributed by atoms with Crippen LogP contribution in [0.4, 0.5) is 0 Å². The maximum Gasteiger partial charge on any atom is 0.307 e. The van der Waals surface area contributed by atoms with Crippen LogP contribution in [0.15, 0.2) is 0 Å². The summed E-state index contributed by atoms with van der Waals surface area (Å²) in [5.41, 5.74) is -0.792. The van der Waals surface area contributed by atoms with Crippen LogP contribution in [0.1, 0.15) is 44.9 Å². The maximum atomic E-state index is 11.7. The van der Waals surface area contributed by atoms with Crippen LogP contribution >= 0.6 is 0 Å². The van der Waals surface area contributed by atoms with Gasteiger partial charge in [-0.3, -0.25) is 9.59 Å². The van der Waals surface area contributed by atoms with Gasteiger partial charge < -0.3 is 15.5 Å². The summed E-state index contributed by atoms with van der Waals surface area (Å²) >= 11 is 0. The predicted octanol–water partition coefficient (Wildman–Crippen LogP) is 0.909. The van der Waals surface area contributed by atoms with E-state index in [-0.39, 0.29) is 12.5 Å². The second kappa shape index (κ2) is 5.26. The maximum absolute atomic E-state index is 11.7. The lowest BCUT2D eigenvalue weighted by atomic mass is 9.94. The highest BCUT2D eigenvalue weighted by Gasteiger charge is 2.48. The van der Waals surface area contributed by atoms with E-state index in [1.54, 1.807) is 0 Å². The molecule has 2 saturated carbocycles. The molecule has 1 amide bonds. The third kappa shape index (κ3) is 3.22. The summed E-state index contributed by atoms with van der Waals surface area (Å²) in [6.45, 7) is 0.259. The monoisotopic (exact) mass is 255 g/mol. The van der Waals surface area contributed by atoms with Crippen LogP contribution < -0.4 is 5.32 Å². The fourth-order valence-corrected chi connectivity index (χ4v) is 2.70. The second-order valence-corrected chi connectivity index (χ2v) is 5.64. The summed E-state index contributed by atoms with van der Waals surface area (Å²) < 4.78 is 0. The van der Waals surface area contributed by atoms with Gasteiger partial charge in [0.05, 0.1) is 17.4 Å². The van der Waals surface area contributed by atoms with E-state index in [1.807, 2.05) is 0 Å². The van der Waals surface area contributed by atoms with Crippen molar-refractivity contribution in [1.82, 2.24) is 5.32 Å². The van der Waals surface area contributed by atoms with Gasteiger partial charge in [-0.1, -0.05) is 25.7 Å². The first kappa shape index (κ1) is 13.3. The van der Waals surface area contributed by atoms with Crippen molar-refractivity contribution >= 4 is 11.9 Å². The molecule has 5 nitrogen and oxygen atoms in total. The highest BCUT2D eigenvalue weighted by atomic mass is 16.4. The molecule has 0 aromatic carbocycles. The summed E-state index contributed by atoms with van der Waals surface area (Å²) in [7, 11) is 0. The lowest BCUT2D eigenvalue weighted by Crippen LogP contribution is -2.43. The van der Waals surface area contributed by atoms with Crippen molar-refractivity contribution in [2.75, 3.05) is 6.54 Å². The molecule has 2 atom stereocenters. The molecule has 2 aliphatic carbocycles. The Labute approximate surface area is 107 Å². The van der Waals surface area contributed by atoms with Crippen molar-refractivity contribution in [3.05, 3.63) is 0 Å². The van der Waals surface area contributed by atoms with Gasteiger partial charge in [0.15, 0.2) is 0 Å². The molecule has 0 aromatic rings. The van der Waals surface area contributed by atoms with Crippen molar-refractivity contribution in [1.29, 1.82) is 0 Å². The van der Waals surface area contributed by atoms with E-state index >= 15 is 0 Å². The number of rotatable bonds is 4. The average Bonchev–Trinajstić information content (AvgIpc) is 3.10. The molecule has 0 spiro atoms. The van der Waals surface area contributed by atoms with Crippen LogP contribution in [0.25, 0.3) is 0 Å². The minimum absolute atomic E-state index is 0.222. The van der Waals surface area contributed by atoms with Gasteiger partial charge in [-0.05, 0) is 19.3 Å². The molecule has 0 bridgehead atoms. The van der Waals surface area contributed by atoms with E-state index < -0.39 is 23.4 Å². The van der Waals surface area contributed by atoms with E-state index in [4.69, 9.17) is 5.11 Å². The predicted molar refractivity (Wildman–Crippen MR) is 64.9 cm³/mol. The molecule has 2 rings (SSSR count). The van der Waals surface area contributed by atoms with E-state index in [9.17, 15) is 14.7 Å². The molecule has 2 unspecified atom stereocenters. The van der Waals surface area contributed by atoms with Gasteiger partial charge in [-0.25, -0.2) is 0 Å². The Morgan fingerprint density at radius 2 is 1.72 bits per heavy atom. The fraction of sp³-hybridized carbons (Fsp3) is 0.846. The Kier molecular flexibility index (Phi) is 3.90. The van der Waals surface area contributed by atoms with E-state index in [2.05, 4.69) is 5.32 Å². The third-order valence-electron chi connectivity index (χ3n) is 4.07. The van der Waals surface area contributed by atoms with Crippen molar-refractivity contribution in [3.8, 4) is 0 Å². The van der Waals surface area contributed by atoms with Gasteiger partial charge >= 0.3 is 5.97 Å². The zero-order valence-electron chi connectivity index (χ0n) is 10.5. The summed E-state index contributed by atoms with van der Waals surface area (Å²) in [5.74, 6) is -2.03. The molecule has 0 aliphatic heterocycles. The molecule has 2 fully saturated rings. The minimum atomic E-state index is -0.900. The molecule has 2 aliphatic rings. The molecule has 3 N–H and O–H groups in total. The first-order chi connectivity index (χ1) is 8.52. The number of aliphatic carboxylic acids is 1. The Hall–Kier alpha value is -1.10. The van der Waals surface area contributed by atoms with Gasteiger partial charge in [0, 0.05) is 6.54 Å². The zero-order chi connectivity index (χ0) is 13.2. The van der Waals surface area contributed by atoms with E-state index in [0.717, 1.165) is 38.5 Å². The van der Waals surface area contributed by atoms with Crippen LogP contribution in [0, 0.1) is 11.8 Å². The standard InChI is InChI=1S/C13H21NO4/c15-11(9-7-10(9)12(16)17)14-8-13(18)5-3-1-2-4-6-13/h9-10,18H,1-8H2,(H,14,15)(H,16,17). The van der Waals surface area contributed by atoms with Gasteiger partial charge in [-0.2, -0.15) is 0 Å². The molecule has 102 valence electrons. The fourth-order valence-electron chi connectivity index (χ4n) is 2.70. The molecule has 0 aromatic heterocycles. The normalized spacial score (nSPS) is 30.3. The Morgan fingerprint density at radius 1 is 1.11 bits per heavy atom. The molecule has 5 heteroatoms. The lowest BCUT2D eigenvalue weighted by molar-refractivity contribution is -0.140. The van der Waals surface area contributed by atoms with Gasteiger partial charge in [-0.15, -0.1) is 0 Å². The van der Waals surface area contributed by atoms with Crippen LogP contribution in [0.3, 0.4) is 0 Å². The van der Waals surface area contributed by atoms with Crippen LogP contribution in [-0.4, -0.2) is 34.2 Å². The van der Waals surface area contributed by atoms with Gasteiger partial charge in [0.2, 0.25) is 5.91 Å². The largest absolute Gasteiger partial charge is 0.481 e. The molecule has 0 heterocycles. The number of nitrogens with one attached hydrogen (secondary N) is 1. The number of aliphatic hydroxyl groups is 1. The molecule has 18 heavy (non-hydrogen) atoms. The van der Waals surface area contributed by atoms with Crippen molar-refractivity contribution in [3.63, 3.8) is 0 Å². The van der Waals surface area contributed by atoms with E-state index in [1.165, 1.54) is 0 Å². The van der Waals surface area contributed by atoms with E-state index in [0.29, 0.717) is 6.42 Å². The van der Waals surface area contributed by atoms with Crippen LogP contribution in [0.2, 0.25) is 0 Å². The molecular formula is C13H21NO4. The summed E-state index contributed by atoms with van der Waals surface area (Å²) in [6.07, 6.45) is 6.14. The van der Waals surface area contributed by atoms with Crippen LogP contribution in [0.5, 0.6) is 0 Å². The van der Waals surface area contributed by atoms with Gasteiger partial charge in [0.25, 0.3) is 0 Å². The molecule has 0 radical (unpaired) electrons. The first-order valence-corrected chi connectivity index (χ1v) is 6.75. The number of carboxylic acids is 1. The number of amides is 1. The second-order valence-electron chi connectivity index (χ2n) is 5.64. The third-order valence-corrected chi connectivity index (χ3v) is 4.07. The topological polar surface area (TPSA) is 86.6 Å². The van der Waals surface area contributed by atoms with Crippen LogP contribution in [-0.2, 0) is 9.59 Å². The average molecular weight is 255 g/mol. The van der Waals surface area contributed by atoms with Crippen molar-refractivity contribution in [2.24, 2.45) is 11.8 Å². The Bertz CT molecular complexity index is 334. The summed E-state index contributed by atoms with van der Waals surface area (Å²) in [6, 6.07) is 0. The van der Waals surface area contributed by atoms with Crippen molar-refractivity contribution < 1.29 is 19.8 Å². The SMILES string of the molecule is O=C(O)C1CC1C(=O)NCC1(O)CCCCCC1. The number of hydrogen-bond donors (Lipinski definition) is 3. The number of carboxylic acid groups (broad SMARTS) is 1. The Morgan fingerprint density at radius 3 is 2.22 bits per heavy atom. The molecular weight excluding hydrogens is 234 g/mol. The summed E-state index contributed by atoms with van der Waals surface area (Å²) in [5, 5.41) is 21.8. The Balaban J connectivity index is 1.77.